The average molecular weight is 535 g/mol. The van der Waals surface area contributed by atoms with Gasteiger partial charge < -0.3 is 32.3 Å². The Morgan fingerprint density at radius 3 is 2.36 bits per heavy atom. The van der Waals surface area contributed by atoms with E-state index in [1.165, 1.54) is 4.90 Å². The number of carbonyl (C=O) groups is 3. The molecular formula is C28H38N8O3. The van der Waals surface area contributed by atoms with Crippen molar-refractivity contribution in [3.05, 3.63) is 70.9 Å². The molecule has 0 bridgehead atoms. The molecule has 8 N–H and O–H groups in total. The van der Waals surface area contributed by atoms with Gasteiger partial charge in [-0.1, -0.05) is 31.2 Å². The number of benzene rings is 2. The molecule has 0 aliphatic carbocycles. The second-order valence-corrected chi connectivity index (χ2v) is 8.98. The number of aliphatic imine (C=N–C) groups is 1. The highest BCUT2D eigenvalue weighted by atomic mass is 16.2. The number of amides is 3. The van der Waals surface area contributed by atoms with Gasteiger partial charge in [-0.3, -0.25) is 24.8 Å². The number of anilines is 1. The molecule has 208 valence electrons. The summed E-state index contributed by atoms with van der Waals surface area (Å²) in [5.74, 6) is -0.124. The molecule has 0 heterocycles. The number of hydrogen-bond donors (Lipinski definition) is 6. The predicted octanol–water partition coefficient (Wildman–Crippen LogP) is 2.18. The summed E-state index contributed by atoms with van der Waals surface area (Å²) in [7, 11) is 0. The Balaban J connectivity index is 2.31. The van der Waals surface area contributed by atoms with Gasteiger partial charge in [-0.05, 0) is 51.0 Å². The molecule has 39 heavy (non-hydrogen) atoms. The number of hydrogen-bond acceptors (Lipinski definition) is 6. The smallest absolute Gasteiger partial charge is 0.251 e. The number of nitrogen functional groups attached to an aromatic ring is 2. The zero-order valence-electron chi connectivity index (χ0n) is 22.9. The summed E-state index contributed by atoms with van der Waals surface area (Å²) in [6.07, 6.45) is 2.87. The molecule has 0 aliphatic heterocycles. The van der Waals surface area contributed by atoms with Crippen molar-refractivity contribution < 1.29 is 14.4 Å². The largest absolute Gasteiger partial charge is 0.399 e. The van der Waals surface area contributed by atoms with Gasteiger partial charge in [-0.25, -0.2) is 0 Å². The fourth-order valence-corrected chi connectivity index (χ4v) is 3.52. The van der Waals surface area contributed by atoms with Crippen LogP contribution in [-0.2, 0) is 16.1 Å². The van der Waals surface area contributed by atoms with E-state index in [0.717, 1.165) is 12.0 Å². The lowest BCUT2D eigenvalue weighted by atomic mass is 10.0. The van der Waals surface area contributed by atoms with Crippen LogP contribution in [0.2, 0.25) is 0 Å². The molecule has 0 unspecified atom stereocenters. The molecule has 0 saturated carbocycles. The van der Waals surface area contributed by atoms with Gasteiger partial charge in [-0.15, -0.1) is 0 Å². The summed E-state index contributed by atoms with van der Waals surface area (Å²) in [4.78, 5) is 43.3. The normalized spacial score (nSPS) is 12.3. The Kier molecular flexibility index (Phi) is 11.7. The van der Waals surface area contributed by atoms with Gasteiger partial charge in [0.2, 0.25) is 12.3 Å². The lowest BCUT2D eigenvalue weighted by Gasteiger charge is -2.22. The van der Waals surface area contributed by atoms with Gasteiger partial charge in [0.25, 0.3) is 5.91 Å². The van der Waals surface area contributed by atoms with Crippen molar-refractivity contribution in [2.24, 2.45) is 10.7 Å². The summed E-state index contributed by atoms with van der Waals surface area (Å²) in [6, 6.07) is 11.7. The quantitative estimate of drug-likeness (QED) is 0.0992. The fraction of sp³-hybridized carbons (Fsp3) is 0.321. The van der Waals surface area contributed by atoms with E-state index in [1.807, 2.05) is 20.8 Å². The Morgan fingerprint density at radius 1 is 1.10 bits per heavy atom. The van der Waals surface area contributed by atoms with Crippen molar-refractivity contribution in [2.75, 3.05) is 18.8 Å². The van der Waals surface area contributed by atoms with E-state index in [4.69, 9.17) is 16.9 Å². The highest BCUT2D eigenvalue weighted by molar-refractivity contribution is 5.97. The molecule has 11 heteroatoms. The van der Waals surface area contributed by atoms with Gasteiger partial charge in [0, 0.05) is 47.7 Å². The molecule has 0 radical (unpaired) electrons. The predicted molar refractivity (Wildman–Crippen MR) is 155 cm³/mol. The molecule has 0 fully saturated rings. The van der Waals surface area contributed by atoms with Crippen molar-refractivity contribution in [3.63, 3.8) is 0 Å². The van der Waals surface area contributed by atoms with Crippen LogP contribution in [0.25, 0.3) is 5.70 Å². The lowest BCUT2D eigenvalue weighted by molar-refractivity contribution is -0.126. The van der Waals surface area contributed by atoms with Crippen LogP contribution < -0.4 is 27.4 Å². The number of nitrogens with two attached hydrogens (primary N) is 2. The van der Waals surface area contributed by atoms with Crippen LogP contribution >= 0.6 is 0 Å². The molecule has 2 rings (SSSR count). The van der Waals surface area contributed by atoms with Gasteiger partial charge in [0.05, 0.1) is 11.5 Å². The minimum absolute atomic E-state index is 0.0270. The summed E-state index contributed by atoms with van der Waals surface area (Å²) in [5.41, 5.74) is 14.5. The number of nitrogens with one attached hydrogen (secondary N) is 4. The third-order valence-electron chi connectivity index (χ3n) is 5.82. The van der Waals surface area contributed by atoms with Gasteiger partial charge in [0.15, 0.2) is 0 Å². The molecule has 0 aliphatic rings. The summed E-state index contributed by atoms with van der Waals surface area (Å²) >= 11 is 0. The van der Waals surface area contributed by atoms with Gasteiger partial charge in [0.1, 0.15) is 12.4 Å². The second kappa shape index (κ2) is 14.9. The number of amidine groups is 2. The summed E-state index contributed by atoms with van der Waals surface area (Å²) in [6.45, 7) is 8.05. The fourth-order valence-electron chi connectivity index (χ4n) is 3.52. The standard InChI is InChI=1S/C28H38N8O3/c1-5-18(3)35-28(39)23-11-22(12-24(29)13-23)25(15-33-19(4)32-6-2)36(17-37)16-26(38)34-14-20-7-9-21(10-8-20)27(30)31/h7-13,15,17-18H,5-6,14,16,29H2,1-4H3,(H3,30,31)(H,32,33)(H,34,38)(H,35,39)/b25-15-/t18-/m0/s1. The number of rotatable bonds is 13. The topological polar surface area (TPSA) is 179 Å². The monoisotopic (exact) mass is 534 g/mol. The van der Waals surface area contributed by atoms with E-state index in [0.29, 0.717) is 46.9 Å². The molecule has 0 spiro atoms. The number of nitrogens with zero attached hydrogens (tertiary/aromatic N) is 2. The van der Waals surface area contributed by atoms with Crippen molar-refractivity contribution in [2.45, 2.75) is 46.7 Å². The minimum atomic E-state index is -0.402. The van der Waals surface area contributed by atoms with E-state index in [2.05, 4.69) is 20.9 Å². The van der Waals surface area contributed by atoms with Crippen LogP contribution in [0.4, 0.5) is 5.69 Å². The Morgan fingerprint density at radius 2 is 1.77 bits per heavy atom. The number of carbonyl (C=O) groups excluding carboxylic acids is 3. The first kappa shape index (κ1) is 30.6. The van der Waals surface area contributed by atoms with Crippen LogP contribution in [0.15, 0.2) is 53.7 Å². The maximum Gasteiger partial charge on any atom is 0.251 e. The van der Waals surface area contributed by atoms with Crippen molar-refractivity contribution in [3.8, 4) is 0 Å². The molecule has 2 aromatic rings. The first-order chi connectivity index (χ1) is 18.6. The zero-order valence-corrected chi connectivity index (χ0v) is 22.9. The van der Waals surface area contributed by atoms with Gasteiger partial charge in [-0.2, -0.15) is 0 Å². The zero-order chi connectivity index (χ0) is 28.9. The maximum atomic E-state index is 12.8. The molecule has 3 amide bonds. The Bertz CT molecular complexity index is 1240. The second-order valence-electron chi connectivity index (χ2n) is 8.98. The van der Waals surface area contributed by atoms with E-state index < -0.39 is 5.91 Å². The molecule has 2 aromatic carbocycles. The first-order valence-electron chi connectivity index (χ1n) is 12.7. The maximum absolute atomic E-state index is 12.8. The van der Waals surface area contributed by atoms with Crippen LogP contribution in [0.3, 0.4) is 0 Å². The van der Waals surface area contributed by atoms with Gasteiger partial charge >= 0.3 is 0 Å². The Hall–Kier alpha value is -4.67. The van der Waals surface area contributed by atoms with Crippen LogP contribution in [0.1, 0.15) is 61.2 Å². The van der Waals surface area contributed by atoms with E-state index in [9.17, 15) is 14.4 Å². The molecule has 11 nitrogen and oxygen atoms in total. The lowest BCUT2D eigenvalue weighted by Crippen LogP contribution is -2.36. The first-order valence-corrected chi connectivity index (χ1v) is 12.7. The van der Waals surface area contributed by atoms with E-state index in [1.54, 1.807) is 55.6 Å². The highest BCUT2D eigenvalue weighted by Crippen LogP contribution is 2.22. The highest BCUT2D eigenvalue weighted by Gasteiger charge is 2.18. The molecule has 1 atom stereocenters. The average Bonchev–Trinajstić information content (AvgIpc) is 2.91. The summed E-state index contributed by atoms with van der Waals surface area (Å²) < 4.78 is 0. The molecular weight excluding hydrogens is 496 g/mol. The van der Waals surface area contributed by atoms with E-state index >= 15 is 0 Å². The Labute approximate surface area is 229 Å². The van der Waals surface area contributed by atoms with Crippen molar-refractivity contribution in [1.82, 2.24) is 20.9 Å². The van der Waals surface area contributed by atoms with Crippen LogP contribution in [-0.4, -0.2) is 53.9 Å². The van der Waals surface area contributed by atoms with Crippen molar-refractivity contribution >= 4 is 41.3 Å². The third kappa shape index (κ3) is 9.62. The summed E-state index contributed by atoms with van der Waals surface area (Å²) in [5, 5.41) is 16.2. The molecule has 0 aromatic heterocycles. The SMILES string of the molecule is CCN=C(C)N/C=C(/c1cc(N)cc(C(=O)N[C@@H](C)CC)c1)N(C=O)CC(=O)NCc1ccc(C(=N)N)cc1. The van der Waals surface area contributed by atoms with Crippen molar-refractivity contribution in [1.29, 1.82) is 5.41 Å². The third-order valence-corrected chi connectivity index (χ3v) is 5.82. The van der Waals surface area contributed by atoms with Crippen LogP contribution in [0.5, 0.6) is 0 Å². The van der Waals surface area contributed by atoms with Crippen LogP contribution in [0, 0.1) is 5.41 Å². The molecule has 0 saturated heterocycles. The van der Waals surface area contributed by atoms with E-state index in [-0.39, 0.29) is 30.9 Å². The minimum Gasteiger partial charge on any atom is -0.399 e.